The SMILES string of the molecule is CCCOCCOc1ccc(N2CCCC(N)C2)c(F)c1. The van der Waals surface area contributed by atoms with Gasteiger partial charge in [0.2, 0.25) is 0 Å². The van der Waals surface area contributed by atoms with E-state index in [2.05, 4.69) is 6.92 Å². The summed E-state index contributed by atoms with van der Waals surface area (Å²) in [5, 5.41) is 0. The molecule has 1 aromatic carbocycles. The summed E-state index contributed by atoms with van der Waals surface area (Å²) in [6.45, 7) is 5.32. The average molecular weight is 296 g/mol. The Morgan fingerprint density at radius 2 is 2.19 bits per heavy atom. The Morgan fingerprint density at radius 1 is 1.33 bits per heavy atom. The Hall–Kier alpha value is -1.33. The molecule has 1 aliphatic rings. The summed E-state index contributed by atoms with van der Waals surface area (Å²) >= 11 is 0. The van der Waals surface area contributed by atoms with Crippen molar-refractivity contribution in [3.05, 3.63) is 24.0 Å². The van der Waals surface area contributed by atoms with Gasteiger partial charge in [-0.15, -0.1) is 0 Å². The van der Waals surface area contributed by atoms with Gasteiger partial charge in [-0.1, -0.05) is 6.92 Å². The monoisotopic (exact) mass is 296 g/mol. The smallest absolute Gasteiger partial charge is 0.150 e. The van der Waals surface area contributed by atoms with E-state index in [1.807, 2.05) is 4.90 Å². The minimum atomic E-state index is -0.254. The highest BCUT2D eigenvalue weighted by atomic mass is 19.1. The first-order valence-corrected chi connectivity index (χ1v) is 7.71. The second-order valence-electron chi connectivity index (χ2n) is 5.42. The van der Waals surface area contributed by atoms with Crippen molar-refractivity contribution in [3.8, 4) is 5.75 Å². The van der Waals surface area contributed by atoms with Crippen molar-refractivity contribution in [2.45, 2.75) is 32.2 Å². The summed E-state index contributed by atoms with van der Waals surface area (Å²) in [7, 11) is 0. The molecule has 0 aliphatic carbocycles. The number of hydrogen-bond donors (Lipinski definition) is 1. The van der Waals surface area contributed by atoms with E-state index in [1.165, 1.54) is 6.07 Å². The van der Waals surface area contributed by atoms with E-state index in [9.17, 15) is 4.39 Å². The lowest BCUT2D eigenvalue weighted by Gasteiger charge is -2.32. The average Bonchev–Trinajstić information content (AvgIpc) is 2.47. The highest BCUT2D eigenvalue weighted by Crippen LogP contribution is 2.26. The first-order chi connectivity index (χ1) is 10.2. The maximum Gasteiger partial charge on any atom is 0.150 e. The van der Waals surface area contributed by atoms with Gasteiger partial charge in [-0.05, 0) is 31.4 Å². The Bertz CT molecular complexity index is 442. The molecule has 118 valence electrons. The van der Waals surface area contributed by atoms with Crippen molar-refractivity contribution >= 4 is 5.69 Å². The van der Waals surface area contributed by atoms with Crippen molar-refractivity contribution < 1.29 is 13.9 Å². The zero-order chi connectivity index (χ0) is 15.1. The molecular weight excluding hydrogens is 271 g/mol. The maximum atomic E-state index is 14.2. The van der Waals surface area contributed by atoms with Crippen LogP contribution in [0.5, 0.6) is 5.75 Å². The summed E-state index contributed by atoms with van der Waals surface area (Å²) in [5.74, 6) is 0.286. The fourth-order valence-electron chi connectivity index (χ4n) is 2.53. The summed E-state index contributed by atoms with van der Waals surface area (Å²) in [6.07, 6.45) is 3.01. The summed E-state index contributed by atoms with van der Waals surface area (Å²) in [4.78, 5) is 2.01. The van der Waals surface area contributed by atoms with Crippen LogP contribution in [0.25, 0.3) is 0 Å². The number of halogens is 1. The van der Waals surface area contributed by atoms with Crippen LogP contribution in [0, 0.1) is 5.82 Å². The van der Waals surface area contributed by atoms with E-state index in [1.54, 1.807) is 12.1 Å². The van der Waals surface area contributed by atoms with Gasteiger partial charge in [0.25, 0.3) is 0 Å². The fourth-order valence-corrected chi connectivity index (χ4v) is 2.53. The van der Waals surface area contributed by atoms with Gasteiger partial charge in [-0.2, -0.15) is 0 Å². The van der Waals surface area contributed by atoms with Crippen molar-refractivity contribution in [1.82, 2.24) is 0 Å². The van der Waals surface area contributed by atoms with Crippen molar-refractivity contribution in [2.24, 2.45) is 5.73 Å². The summed E-state index contributed by atoms with van der Waals surface area (Å²) in [5.41, 5.74) is 6.56. The number of hydrogen-bond acceptors (Lipinski definition) is 4. The van der Waals surface area contributed by atoms with Crippen LogP contribution in [0.15, 0.2) is 18.2 Å². The first-order valence-electron chi connectivity index (χ1n) is 7.71. The highest BCUT2D eigenvalue weighted by Gasteiger charge is 2.19. The minimum absolute atomic E-state index is 0.129. The van der Waals surface area contributed by atoms with E-state index < -0.39 is 0 Å². The lowest BCUT2D eigenvalue weighted by molar-refractivity contribution is 0.100. The topological polar surface area (TPSA) is 47.7 Å². The molecule has 0 bridgehead atoms. The predicted molar refractivity (Wildman–Crippen MR) is 82.4 cm³/mol. The largest absolute Gasteiger partial charge is 0.491 e. The number of nitrogens with two attached hydrogens (primary N) is 1. The second kappa shape index (κ2) is 8.20. The molecule has 0 amide bonds. The standard InChI is InChI=1S/C16H25FN2O2/c1-2-8-20-9-10-21-14-5-6-16(15(17)11-14)19-7-3-4-13(18)12-19/h5-6,11,13H,2-4,7-10,12,18H2,1H3. The molecule has 1 atom stereocenters. The quantitative estimate of drug-likeness (QED) is 0.786. The fraction of sp³-hybridized carbons (Fsp3) is 0.625. The predicted octanol–water partition coefficient (Wildman–Crippen LogP) is 2.56. The van der Waals surface area contributed by atoms with Crippen LogP contribution < -0.4 is 15.4 Å². The number of nitrogens with zero attached hydrogens (tertiary/aromatic N) is 1. The van der Waals surface area contributed by atoms with Crippen molar-refractivity contribution in [1.29, 1.82) is 0 Å². The third-order valence-corrected chi connectivity index (χ3v) is 3.56. The number of anilines is 1. The van der Waals surface area contributed by atoms with Crippen LogP contribution in [-0.2, 0) is 4.74 Å². The number of benzene rings is 1. The van der Waals surface area contributed by atoms with E-state index in [0.717, 1.165) is 32.4 Å². The normalized spacial score (nSPS) is 18.8. The van der Waals surface area contributed by atoms with E-state index in [4.69, 9.17) is 15.2 Å². The first kappa shape index (κ1) is 16.0. The van der Waals surface area contributed by atoms with Gasteiger partial charge in [0.1, 0.15) is 18.2 Å². The van der Waals surface area contributed by atoms with E-state index in [0.29, 0.717) is 31.2 Å². The van der Waals surface area contributed by atoms with Crippen LogP contribution in [-0.4, -0.2) is 39.0 Å². The number of rotatable bonds is 7. The Morgan fingerprint density at radius 3 is 2.90 bits per heavy atom. The van der Waals surface area contributed by atoms with Crippen LogP contribution >= 0.6 is 0 Å². The minimum Gasteiger partial charge on any atom is -0.491 e. The van der Waals surface area contributed by atoms with Crippen LogP contribution in [0.1, 0.15) is 26.2 Å². The molecule has 4 nitrogen and oxygen atoms in total. The summed E-state index contributed by atoms with van der Waals surface area (Å²) in [6, 6.07) is 5.15. The molecule has 21 heavy (non-hydrogen) atoms. The molecular formula is C16H25FN2O2. The molecule has 5 heteroatoms. The summed E-state index contributed by atoms with van der Waals surface area (Å²) < 4.78 is 25.0. The van der Waals surface area contributed by atoms with Crippen molar-refractivity contribution in [2.75, 3.05) is 37.8 Å². The zero-order valence-electron chi connectivity index (χ0n) is 12.7. The molecule has 0 spiro atoms. The van der Waals surface area contributed by atoms with Crippen LogP contribution in [0.2, 0.25) is 0 Å². The molecule has 0 aromatic heterocycles. The van der Waals surface area contributed by atoms with Crippen molar-refractivity contribution in [3.63, 3.8) is 0 Å². The molecule has 1 aromatic rings. The molecule has 2 rings (SSSR count). The lowest BCUT2D eigenvalue weighted by Crippen LogP contribution is -2.43. The molecule has 2 N–H and O–H groups in total. The molecule has 0 saturated carbocycles. The Balaban J connectivity index is 1.88. The Kier molecular flexibility index (Phi) is 6.26. The van der Waals surface area contributed by atoms with Gasteiger partial charge in [0, 0.05) is 31.8 Å². The zero-order valence-corrected chi connectivity index (χ0v) is 12.7. The third kappa shape index (κ3) is 4.86. The van der Waals surface area contributed by atoms with Crippen LogP contribution in [0.3, 0.4) is 0 Å². The molecule has 1 heterocycles. The van der Waals surface area contributed by atoms with Gasteiger partial charge < -0.3 is 20.1 Å². The molecule has 1 unspecified atom stereocenters. The van der Waals surface area contributed by atoms with Gasteiger partial charge >= 0.3 is 0 Å². The van der Waals surface area contributed by atoms with Crippen LogP contribution in [0.4, 0.5) is 10.1 Å². The molecule has 1 fully saturated rings. The van der Waals surface area contributed by atoms with E-state index in [-0.39, 0.29) is 11.9 Å². The number of ether oxygens (including phenoxy) is 2. The van der Waals surface area contributed by atoms with Gasteiger partial charge in [-0.3, -0.25) is 0 Å². The Labute approximate surface area is 126 Å². The number of piperidine rings is 1. The van der Waals surface area contributed by atoms with Gasteiger partial charge in [-0.25, -0.2) is 4.39 Å². The molecule has 0 radical (unpaired) electrons. The highest BCUT2D eigenvalue weighted by molar-refractivity contribution is 5.51. The van der Waals surface area contributed by atoms with Gasteiger partial charge in [0.15, 0.2) is 0 Å². The molecule has 1 saturated heterocycles. The second-order valence-corrected chi connectivity index (χ2v) is 5.42. The van der Waals surface area contributed by atoms with E-state index >= 15 is 0 Å². The molecule has 1 aliphatic heterocycles. The lowest BCUT2D eigenvalue weighted by atomic mass is 10.1. The maximum absolute atomic E-state index is 14.2. The third-order valence-electron chi connectivity index (χ3n) is 3.56. The van der Waals surface area contributed by atoms with Gasteiger partial charge in [0.05, 0.1) is 12.3 Å².